The largest absolute Gasteiger partial charge is 0.494 e. The maximum atomic E-state index is 5.82. The number of ether oxygens (including phenoxy) is 1. The van der Waals surface area contributed by atoms with Crippen LogP contribution in [0.1, 0.15) is 70.8 Å². The van der Waals surface area contributed by atoms with E-state index in [0.717, 1.165) is 18.8 Å². The Kier molecular flexibility index (Phi) is 9.22. The van der Waals surface area contributed by atoms with Crippen LogP contribution in [0, 0.1) is 0 Å². The summed E-state index contributed by atoms with van der Waals surface area (Å²) >= 11 is 0. The molecule has 0 N–H and O–H groups in total. The lowest BCUT2D eigenvalue weighted by Gasteiger charge is -2.07. The number of hydrogen-bond donors (Lipinski definition) is 0. The first-order valence-corrected chi connectivity index (χ1v) is 8.08. The van der Waals surface area contributed by atoms with Crippen LogP contribution in [0.4, 0.5) is 0 Å². The van der Waals surface area contributed by atoms with Gasteiger partial charge in [-0.1, -0.05) is 70.9 Å². The van der Waals surface area contributed by atoms with Crippen LogP contribution in [0.2, 0.25) is 0 Å². The molecule has 0 spiro atoms. The Morgan fingerprint density at radius 2 is 1.58 bits per heavy atom. The number of aryl methyl sites for hydroxylation is 1. The van der Waals surface area contributed by atoms with E-state index in [4.69, 9.17) is 4.74 Å². The molecule has 0 fully saturated rings. The summed E-state index contributed by atoms with van der Waals surface area (Å²) in [5.74, 6) is 1.04. The highest BCUT2D eigenvalue weighted by Crippen LogP contribution is 2.15. The minimum absolute atomic E-state index is 0.864. The van der Waals surface area contributed by atoms with Crippen molar-refractivity contribution in [2.24, 2.45) is 0 Å². The van der Waals surface area contributed by atoms with Gasteiger partial charge >= 0.3 is 0 Å². The summed E-state index contributed by atoms with van der Waals surface area (Å²) in [6, 6.07) is 8.54. The van der Waals surface area contributed by atoms with Gasteiger partial charge in [0.25, 0.3) is 0 Å². The maximum absolute atomic E-state index is 5.82. The van der Waals surface area contributed by atoms with E-state index in [1.54, 1.807) is 0 Å². The Morgan fingerprint density at radius 1 is 0.842 bits per heavy atom. The van der Waals surface area contributed by atoms with Gasteiger partial charge < -0.3 is 4.74 Å². The molecular formula is C18H30O. The second-order valence-electron chi connectivity index (χ2n) is 5.37. The Balaban J connectivity index is 2.07. The summed E-state index contributed by atoms with van der Waals surface area (Å²) in [7, 11) is 0. The van der Waals surface area contributed by atoms with E-state index in [1.165, 1.54) is 56.9 Å². The summed E-state index contributed by atoms with van der Waals surface area (Å²) in [5.41, 5.74) is 1.39. The van der Waals surface area contributed by atoms with E-state index in [0.29, 0.717) is 0 Å². The molecule has 0 atom stereocenters. The van der Waals surface area contributed by atoms with Gasteiger partial charge in [0, 0.05) is 0 Å². The smallest absolute Gasteiger partial charge is 0.119 e. The molecule has 0 amide bonds. The normalized spacial score (nSPS) is 10.6. The monoisotopic (exact) mass is 262 g/mol. The molecule has 108 valence electrons. The van der Waals surface area contributed by atoms with E-state index >= 15 is 0 Å². The lowest BCUT2D eigenvalue weighted by Crippen LogP contribution is -1.98. The third kappa shape index (κ3) is 7.92. The molecule has 0 bridgehead atoms. The molecule has 1 aromatic rings. The third-order valence-corrected chi connectivity index (χ3v) is 3.45. The van der Waals surface area contributed by atoms with Crippen molar-refractivity contribution in [2.45, 2.75) is 71.6 Å². The van der Waals surface area contributed by atoms with Gasteiger partial charge in [0.05, 0.1) is 6.61 Å². The van der Waals surface area contributed by atoms with Crippen LogP contribution in [0.25, 0.3) is 0 Å². The third-order valence-electron chi connectivity index (χ3n) is 3.45. The van der Waals surface area contributed by atoms with E-state index in [2.05, 4.69) is 38.1 Å². The molecule has 1 heteroatoms. The number of rotatable bonds is 11. The van der Waals surface area contributed by atoms with Crippen LogP contribution in [0.5, 0.6) is 5.75 Å². The first-order chi connectivity index (χ1) is 9.36. The summed E-state index contributed by atoms with van der Waals surface area (Å²) in [6.45, 7) is 5.34. The van der Waals surface area contributed by atoms with Crippen molar-refractivity contribution >= 4 is 0 Å². The predicted octanol–water partition coefficient (Wildman–Crippen LogP) is 5.77. The second kappa shape index (κ2) is 10.9. The Labute approximate surface area is 119 Å². The Morgan fingerprint density at radius 3 is 2.32 bits per heavy atom. The van der Waals surface area contributed by atoms with Crippen molar-refractivity contribution in [2.75, 3.05) is 6.61 Å². The molecule has 1 aromatic carbocycles. The van der Waals surface area contributed by atoms with Crippen LogP contribution in [-0.4, -0.2) is 6.61 Å². The van der Waals surface area contributed by atoms with Gasteiger partial charge in [0.15, 0.2) is 0 Å². The van der Waals surface area contributed by atoms with Gasteiger partial charge in [-0.05, 0) is 30.5 Å². The van der Waals surface area contributed by atoms with Crippen molar-refractivity contribution in [3.05, 3.63) is 29.8 Å². The first kappa shape index (κ1) is 16.1. The molecule has 0 aliphatic rings. The molecule has 0 unspecified atom stereocenters. The number of hydrogen-bond acceptors (Lipinski definition) is 1. The zero-order chi connectivity index (χ0) is 13.8. The van der Waals surface area contributed by atoms with Crippen molar-refractivity contribution in [1.82, 2.24) is 0 Å². The highest BCUT2D eigenvalue weighted by atomic mass is 16.5. The van der Waals surface area contributed by atoms with Crippen LogP contribution in [0.3, 0.4) is 0 Å². The fraction of sp³-hybridized carbons (Fsp3) is 0.667. The molecule has 0 radical (unpaired) electrons. The predicted molar refractivity (Wildman–Crippen MR) is 83.9 cm³/mol. The van der Waals surface area contributed by atoms with Crippen LogP contribution in [-0.2, 0) is 6.42 Å². The highest BCUT2D eigenvalue weighted by Gasteiger charge is 1.97. The second-order valence-corrected chi connectivity index (χ2v) is 5.37. The van der Waals surface area contributed by atoms with Gasteiger partial charge in [0.1, 0.15) is 5.75 Å². The number of benzene rings is 1. The van der Waals surface area contributed by atoms with Crippen LogP contribution >= 0.6 is 0 Å². The van der Waals surface area contributed by atoms with E-state index in [-0.39, 0.29) is 0 Å². The topological polar surface area (TPSA) is 9.23 Å². The van der Waals surface area contributed by atoms with Crippen molar-refractivity contribution in [1.29, 1.82) is 0 Å². The molecule has 0 saturated heterocycles. The van der Waals surface area contributed by atoms with Gasteiger partial charge in [-0.3, -0.25) is 0 Å². The average molecular weight is 262 g/mol. The van der Waals surface area contributed by atoms with E-state index in [9.17, 15) is 0 Å². The quantitative estimate of drug-likeness (QED) is 0.460. The molecule has 19 heavy (non-hydrogen) atoms. The average Bonchev–Trinajstić information content (AvgIpc) is 2.43. The Hall–Kier alpha value is -0.980. The number of unbranched alkanes of at least 4 members (excludes halogenated alkanes) is 6. The fourth-order valence-corrected chi connectivity index (χ4v) is 2.33. The molecular weight excluding hydrogens is 232 g/mol. The summed E-state index contributed by atoms with van der Waals surface area (Å²) in [5, 5.41) is 0. The van der Waals surface area contributed by atoms with E-state index < -0.39 is 0 Å². The van der Waals surface area contributed by atoms with Crippen molar-refractivity contribution < 1.29 is 4.74 Å². The van der Waals surface area contributed by atoms with Crippen LogP contribution < -0.4 is 4.74 Å². The lowest BCUT2D eigenvalue weighted by atomic mass is 10.1. The Bertz CT molecular complexity index is 319. The van der Waals surface area contributed by atoms with Gasteiger partial charge in [-0.15, -0.1) is 0 Å². The van der Waals surface area contributed by atoms with Crippen molar-refractivity contribution in [3.63, 3.8) is 0 Å². The molecule has 1 nitrogen and oxygen atoms in total. The highest BCUT2D eigenvalue weighted by molar-refractivity contribution is 5.28. The first-order valence-electron chi connectivity index (χ1n) is 8.08. The minimum atomic E-state index is 0.864. The molecule has 1 rings (SSSR count). The van der Waals surface area contributed by atoms with Crippen molar-refractivity contribution in [3.8, 4) is 5.75 Å². The van der Waals surface area contributed by atoms with Gasteiger partial charge in [-0.2, -0.15) is 0 Å². The van der Waals surface area contributed by atoms with Gasteiger partial charge in [0.2, 0.25) is 0 Å². The van der Waals surface area contributed by atoms with E-state index in [1.807, 2.05) is 0 Å². The summed E-state index contributed by atoms with van der Waals surface area (Å²) < 4.78 is 5.82. The van der Waals surface area contributed by atoms with Crippen LogP contribution in [0.15, 0.2) is 24.3 Å². The summed E-state index contributed by atoms with van der Waals surface area (Å²) in [6.07, 6.45) is 11.7. The molecule has 0 aliphatic carbocycles. The standard InChI is InChI=1S/C18H30O/c1-3-5-6-7-8-9-10-15-19-18-14-11-13-17(16-18)12-4-2/h11,13-14,16H,3-10,12,15H2,1-2H3. The zero-order valence-corrected chi connectivity index (χ0v) is 12.8. The molecule has 0 aromatic heterocycles. The maximum Gasteiger partial charge on any atom is 0.119 e. The zero-order valence-electron chi connectivity index (χ0n) is 12.8. The minimum Gasteiger partial charge on any atom is -0.494 e. The lowest BCUT2D eigenvalue weighted by molar-refractivity contribution is 0.304. The SMILES string of the molecule is CCCCCCCCCOc1cccc(CCC)c1. The molecule has 0 saturated carbocycles. The summed E-state index contributed by atoms with van der Waals surface area (Å²) in [4.78, 5) is 0. The fourth-order valence-electron chi connectivity index (χ4n) is 2.33. The van der Waals surface area contributed by atoms with Gasteiger partial charge in [-0.25, -0.2) is 0 Å². The molecule has 0 heterocycles. The molecule has 0 aliphatic heterocycles.